The van der Waals surface area contributed by atoms with Crippen molar-refractivity contribution in [1.82, 2.24) is 0 Å². The van der Waals surface area contributed by atoms with Crippen LogP contribution in [0.5, 0.6) is 0 Å². The molecule has 1 nitrogen and oxygen atoms in total. The molecule has 0 saturated carbocycles. The molecule has 1 unspecified atom stereocenters. The maximum absolute atomic E-state index is 6.04. The first-order chi connectivity index (χ1) is 7.79. The number of rotatable bonds is 4. The van der Waals surface area contributed by atoms with Crippen LogP contribution in [0.4, 0.5) is 0 Å². The molecule has 0 amide bonds. The highest BCUT2D eigenvalue weighted by Gasteiger charge is 2.32. The maximum Gasteiger partial charge on any atom is -0.00172 e. The van der Waals surface area contributed by atoms with Gasteiger partial charge in [-0.1, -0.05) is 44.0 Å². The van der Waals surface area contributed by atoms with Crippen LogP contribution < -0.4 is 5.73 Å². The van der Waals surface area contributed by atoms with Crippen LogP contribution in [0.25, 0.3) is 0 Å². The fourth-order valence-corrected chi connectivity index (χ4v) is 2.91. The van der Waals surface area contributed by atoms with E-state index in [9.17, 15) is 0 Å². The Labute approximate surface area is 99.0 Å². The Morgan fingerprint density at radius 2 is 2.00 bits per heavy atom. The number of aryl methyl sites for hydroxylation is 1. The number of hydrogen-bond acceptors (Lipinski definition) is 1. The van der Waals surface area contributed by atoms with E-state index in [2.05, 4.69) is 31.2 Å². The lowest BCUT2D eigenvalue weighted by Gasteiger charge is -2.37. The first kappa shape index (κ1) is 11.7. The van der Waals surface area contributed by atoms with Gasteiger partial charge in [0.2, 0.25) is 0 Å². The monoisotopic (exact) mass is 217 g/mol. The molecule has 0 bridgehead atoms. The first-order valence-electron chi connectivity index (χ1n) is 6.56. The van der Waals surface area contributed by atoms with Crippen molar-refractivity contribution < 1.29 is 0 Å². The summed E-state index contributed by atoms with van der Waals surface area (Å²) in [7, 11) is 0. The largest absolute Gasteiger partial charge is 0.330 e. The highest BCUT2D eigenvalue weighted by molar-refractivity contribution is 5.31. The van der Waals surface area contributed by atoms with Gasteiger partial charge in [-0.25, -0.2) is 0 Å². The van der Waals surface area contributed by atoms with Gasteiger partial charge in [-0.3, -0.25) is 0 Å². The Kier molecular flexibility index (Phi) is 3.65. The summed E-state index contributed by atoms with van der Waals surface area (Å²) in [6, 6.07) is 8.87. The van der Waals surface area contributed by atoms with E-state index >= 15 is 0 Å². The second-order valence-corrected chi connectivity index (χ2v) is 5.25. The van der Waals surface area contributed by atoms with E-state index in [1.54, 1.807) is 5.56 Å². The fourth-order valence-electron chi connectivity index (χ4n) is 2.91. The third kappa shape index (κ3) is 2.30. The van der Waals surface area contributed by atoms with E-state index in [4.69, 9.17) is 5.73 Å². The summed E-state index contributed by atoms with van der Waals surface area (Å²) in [5.74, 6) is 0. The minimum atomic E-state index is 0.393. The molecule has 16 heavy (non-hydrogen) atoms. The molecular formula is C15H23N. The van der Waals surface area contributed by atoms with Crippen molar-refractivity contribution in [2.24, 2.45) is 11.1 Å². The van der Waals surface area contributed by atoms with Gasteiger partial charge in [0, 0.05) is 0 Å². The maximum atomic E-state index is 6.04. The summed E-state index contributed by atoms with van der Waals surface area (Å²) < 4.78 is 0. The molecule has 0 fully saturated rings. The quantitative estimate of drug-likeness (QED) is 0.822. The van der Waals surface area contributed by atoms with Gasteiger partial charge in [-0.15, -0.1) is 0 Å². The smallest absolute Gasteiger partial charge is 0.00172 e. The van der Waals surface area contributed by atoms with E-state index in [0.29, 0.717) is 5.41 Å². The van der Waals surface area contributed by atoms with Crippen LogP contribution in [-0.2, 0) is 12.8 Å². The normalized spacial score (nSPS) is 24.1. The lowest BCUT2D eigenvalue weighted by molar-refractivity contribution is 0.228. The van der Waals surface area contributed by atoms with Crippen molar-refractivity contribution in [1.29, 1.82) is 0 Å². The van der Waals surface area contributed by atoms with Crippen LogP contribution in [0.3, 0.4) is 0 Å². The molecule has 2 rings (SSSR count). The van der Waals surface area contributed by atoms with Crippen LogP contribution in [0.15, 0.2) is 24.3 Å². The zero-order chi connectivity index (χ0) is 11.4. The summed E-state index contributed by atoms with van der Waals surface area (Å²) in [5, 5.41) is 0. The van der Waals surface area contributed by atoms with Gasteiger partial charge in [0.25, 0.3) is 0 Å². The molecule has 0 radical (unpaired) electrons. The number of unbranched alkanes of at least 4 members (excludes halogenated alkanes) is 1. The second-order valence-electron chi connectivity index (χ2n) is 5.25. The number of hydrogen-bond donors (Lipinski definition) is 1. The average molecular weight is 217 g/mol. The van der Waals surface area contributed by atoms with Crippen LogP contribution >= 0.6 is 0 Å². The standard InChI is InChI=1S/C15H23N/c1-2-3-9-15(12-16)10-8-13-6-4-5-7-14(13)11-15/h4-7H,2-3,8-12,16H2,1H3. The van der Waals surface area contributed by atoms with Crippen molar-refractivity contribution in [2.45, 2.75) is 45.4 Å². The number of nitrogens with two attached hydrogens (primary N) is 1. The summed E-state index contributed by atoms with van der Waals surface area (Å²) in [6.45, 7) is 3.11. The third-order valence-electron chi connectivity index (χ3n) is 4.10. The molecule has 1 aliphatic carbocycles. The molecule has 1 heteroatoms. The van der Waals surface area contributed by atoms with Gasteiger partial charge in [0.05, 0.1) is 0 Å². The van der Waals surface area contributed by atoms with Gasteiger partial charge in [0.1, 0.15) is 0 Å². The number of fused-ring (bicyclic) bond motifs is 1. The number of benzene rings is 1. The highest BCUT2D eigenvalue weighted by atomic mass is 14.6. The average Bonchev–Trinajstić information content (AvgIpc) is 2.36. The topological polar surface area (TPSA) is 26.0 Å². The molecule has 0 spiro atoms. The molecule has 0 aliphatic heterocycles. The molecule has 1 aromatic carbocycles. The van der Waals surface area contributed by atoms with Gasteiger partial charge in [0.15, 0.2) is 0 Å². The Balaban J connectivity index is 2.15. The Morgan fingerprint density at radius 1 is 1.25 bits per heavy atom. The molecule has 0 saturated heterocycles. The predicted octanol–water partition coefficient (Wildman–Crippen LogP) is 3.31. The molecular weight excluding hydrogens is 194 g/mol. The van der Waals surface area contributed by atoms with Crippen molar-refractivity contribution in [2.75, 3.05) is 6.54 Å². The predicted molar refractivity (Wildman–Crippen MR) is 69.5 cm³/mol. The van der Waals surface area contributed by atoms with Gasteiger partial charge in [-0.2, -0.15) is 0 Å². The van der Waals surface area contributed by atoms with Gasteiger partial charge >= 0.3 is 0 Å². The zero-order valence-corrected chi connectivity index (χ0v) is 10.3. The SMILES string of the molecule is CCCCC1(CN)CCc2ccccc2C1. The summed E-state index contributed by atoms with van der Waals surface area (Å²) >= 11 is 0. The molecule has 1 atom stereocenters. The van der Waals surface area contributed by atoms with Crippen LogP contribution in [0, 0.1) is 5.41 Å². The van der Waals surface area contributed by atoms with E-state index in [-0.39, 0.29) is 0 Å². The van der Waals surface area contributed by atoms with Crippen LogP contribution in [-0.4, -0.2) is 6.54 Å². The highest BCUT2D eigenvalue weighted by Crippen LogP contribution is 2.38. The van der Waals surface area contributed by atoms with E-state index in [1.807, 2.05) is 0 Å². The fraction of sp³-hybridized carbons (Fsp3) is 0.600. The van der Waals surface area contributed by atoms with Crippen LogP contribution in [0.2, 0.25) is 0 Å². The molecule has 2 N–H and O–H groups in total. The van der Waals surface area contributed by atoms with Gasteiger partial charge in [-0.05, 0) is 48.8 Å². The molecule has 88 valence electrons. The minimum absolute atomic E-state index is 0.393. The molecule has 1 aromatic rings. The lowest BCUT2D eigenvalue weighted by Crippen LogP contribution is -2.36. The van der Waals surface area contributed by atoms with E-state index < -0.39 is 0 Å². The minimum Gasteiger partial charge on any atom is -0.330 e. The lowest BCUT2D eigenvalue weighted by atomic mass is 9.69. The first-order valence-corrected chi connectivity index (χ1v) is 6.56. The molecule has 1 aliphatic rings. The second kappa shape index (κ2) is 5.01. The molecule has 0 aromatic heterocycles. The van der Waals surface area contributed by atoms with E-state index in [0.717, 1.165) is 6.54 Å². The summed E-state index contributed by atoms with van der Waals surface area (Å²) in [5.41, 5.74) is 9.51. The summed E-state index contributed by atoms with van der Waals surface area (Å²) in [4.78, 5) is 0. The van der Waals surface area contributed by atoms with Crippen LogP contribution in [0.1, 0.15) is 43.7 Å². The van der Waals surface area contributed by atoms with Crippen molar-refractivity contribution >= 4 is 0 Å². The summed E-state index contributed by atoms with van der Waals surface area (Å²) in [6.07, 6.45) is 7.59. The Hall–Kier alpha value is -0.820. The van der Waals surface area contributed by atoms with Crippen molar-refractivity contribution in [3.8, 4) is 0 Å². The van der Waals surface area contributed by atoms with Gasteiger partial charge < -0.3 is 5.73 Å². The molecule has 0 heterocycles. The van der Waals surface area contributed by atoms with Crippen molar-refractivity contribution in [3.05, 3.63) is 35.4 Å². The zero-order valence-electron chi connectivity index (χ0n) is 10.3. The third-order valence-corrected chi connectivity index (χ3v) is 4.10. The Morgan fingerprint density at radius 3 is 2.69 bits per heavy atom. The van der Waals surface area contributed by atoms with E-state index in [1.165, 1.54) is 44.1 Å². The Bertz CT molecular complexity index is 345. The van der Waals surface area contributed by atoms with Crippen molar-refractivity contribution in [3.63, 3.8) is 0 Å².